The van der Waals surface area contributed by atoms with Crippen LogP contribution in [0.4, 0.5) is 5.69 Å². The third-order valence-electron chi connectivity index (χ3n) is 4.19. The summed E-state index contributed by atoms with van der Waals surface area (Å²) in [7, 11) is 0. The van der Waals surface area contributed by atoms with Crippen molar-refractivity contribution in [2.45, 2.75) is 53.0 Å². The Hall–Kier alpha value is -0.980. The van der Waals surface area contributed by atoms with E-state index in [9.17, 15) is 0 Å². The van der Waals surface area contributed by atoms with E-state index >= 15 is 0 Å². The molecule has 0 spiro atoms. The first-order chi connectivity index (χ1) is 8.06. The van der Waals surface area contributed by atoms with Gasteiger partial charge in [0.1, 0.15) is 0 Å². The predicted octanol–water partition coefficient (Wildman–Crippen LogP) is 4.54. The Bertz CT molecular complexity index is 383. The van der Waals surface area contributed by atoms with E-state index < -0.39 is 0 Å². The van der Waals surface area contributed by atoms with Gasteiger partial charge in [-0.05, 0) is 55.7 Å². The monoisotopic (exact) mass is 231 g/mol. The molecule has 1 aliphatic rings. The molecule has 1 aromatic rings. The van der Waals surface area contributed by atoms with E-state index in [2.05, 4.69) is 51.2 Å². The van der Waals surface area contributed by atoms with Crippen molar-refractivity contribution in [3.8, 4) is 0 Å². The van der Waals surface area contributed by atoms with E-state index in [0.717, 1.165) is 11.8 Å². The Morgan fingerprint density at radius 2 is 1.88 bits per heavy atom. The van der Waals surface area contributed by atoms with Crippen LogP contribution in [-0.4, -0.2) is 6.04 Å². The summed E-state index contributed by atoms with van der Waals surface area (Å²) in [5.41, 5.74) is 4.03. The summed E-state index contributed by atoms with van der Waals surface area (Å²) in [4.78, 5) is 0. The van der Waals surface area contributed by atoms with Gasteiger partial charge in [0, 0.05) is 11.7 Å². The maximum absolute atomic E-state index is 3.77. The van der Waals surface area contributed by atoms with Gasteiger partial charge in [-0.25, -0.2) is 0 Å². The highest BCUT2D eigenvalue weighted by molar-refractivity contribution is 5.53. The van der Waals surface area contributed by atoms with Crippen LogP contribution in [0.2, 0.25) is 0 Å². The number of hydrogen-bond donors (Lipinski definition) is 1. The van der Waals surface area contributed by atoms with Crippen LogP contribution in [0.3, 0.4) is 0 Å². The second-order valence-corrected chi connectivity index (χ2v) is 5.96. The summed E-state index contributed by atoms with van der Waals surface area (Å²) in [6, 6.07) is 7.34. The molecule has 3 unspecified atom stereocenters. The molecule has 0 radical (unpaired) electrons. The number of nitrogens with one attached hydrogen (secondary N) is 1. The largest absolute Gasteiger partial charge is 0.382 e. The smallest absolute Gasteiger partial charge is 0.0374 e. The minimum absolute atomic E-state index is 0.652. The van der Waals surface area contributed by atoms with Crippen molar-refractivity contribution < 1.29 is 0 Å². The van der Waals surface area contributed by atoms with Crippen molar-refractivity contribution in [3.05, 3.63) is 29.3 Å². The maximum Gasteiger partial charge on any atom is 0.0374 e. The quantitative estimate of drug-likeness (QED) is 0.788. The third-order valence-corrected chi connectivity index (χ3v) is 4.19. The summed E-state index contributed by atoms with van der Waals surface area (Å²) in [6.45, 7) is 9.12. The average Bonchev–Trinajstić information content (AvgIpc) is 2.28. The van der Waals surface area contributed by atoms with Gasteiger partial charge in [0.25, 0.3) is 0 Å². The summed E-state index contributed by atoms with van der Waals surface area (Å²) in [5.74, 6) is 1.67. The van der Waals surface area contributed by atoms with Crippen LogP contribution in [0, 0.1) is 25.7 Å². The highest BCUT2D eigenvalue weighted by Crippen LogP contribution is 2.31. The van der Waals surface area contributed by atoms with Gasteiger partial charge in [0.15, 0.2) is 0 Å². The predicted molar refractivity (Wildman–Crippen MR) is 75.5 cm³/mol. The summed E-state index contributed by atoms with van der Waals surface area (Å²) in [5, 5.41) is 3.77. The highest BCUT2D eigenvalue weighted by atomic mass is 14.9. The Morgan fingerprint density at radius 3 is 2.65 bits per heavy atom. The molecular formula is C16H25N. The standard InChI is InChI=1S/C16H25N/c1-11-5-7-13(3)15(9-11)17-16-10-12(2)6-8-14(16)4/h5,7,9,12,14,16-17H,6,8,10H2,1-4H3. The van der Waals surface area contributed by atoms with Crippen molar-refractivity contribution in [2.24, 2.45) is 11.8 Å². The van der Waals surface area contributed by atoms with Crippen LogP contribution in [0.25, 0.3) is 0 Å². The number of rotatable bonds is 2. The topological polar surface area (TPSA) is 12.0 Å². The first-order valence-corrected chi connectivity index (χ1v) is 6.90. The number of aryl methyl sites for hydroxylation is 2. The fourth-order valence-corrected chi connectivity index (χ4v) is 2.82. The SMILES string of the molecule is Cc1ccc(C)c(NC2CC(C)CCC2C)c1. The molecule has 0 aliphatic heterocycles. The van der Waals surface area contributed by atoms with E-state index in [4.69, 9.17) is 0 Å². The lowest BCUT2D eigenvalue weighted by Crippen LogP contribution is -2.33. The Labute approximate surface area is 106 Å². The van der Waals surface area contributed by atoms with E-state index in [1.54, 1.807) is 0 Å². The minimum atomic E-state index is 0.652. The molecule has 1 aliphatic carbocycles. The Balaban J connectivity index is 2.11. The van der Waals surface area contributed by atoms with Crippen molar-refractivity contribution in [2.75, 3.05) is 5.32 Å². The van der Waals surface area contributed by atoms with E-state index in [-0.39, 0.29) is 0 Å². The molecular weight excluding hydrogens is 206 g/mol. The molecule has 0 bridgehead atoms. The molecule has 2 rings (SSSR count). The molecule has 17 heavy (non-hydrogen) atoms. The van der Waals surface area contributed by atoms with Gasteiger partial charge in [-0.1, -0.05) is 32.4 Å². The molecule has 0 heterocycles. The normalized spacial score (nSPS) is 29.1. The van der Waals surface area contributed by atoms with Crippen molar-refractivity contribution in [1.29, 1.82) is 0 Å². The van der Waals surface area contributed by atoms with Gasteiger partial charge in [-0.2, -0.15) is 0 Å². The van der Waals surface area contributed by atoms with Gasteiger partial charge in [0.05, 0.1) is 0 Å². The first-order valence-electron chi connectivity index (χ1n) is 6.90. The second-order valence-electron chi connectivity index (χ2n) is 5.96. The van der Waals surface area contributed by atoms with E-state index in [1.165, 1.54) is 36.1 Å². The zero-order valence-electron chi connectivity index (χ0n) is 11.6. The lowest BCUT2D eigenvalue weighted by Gasteiger charge is -2.34. The summed E-state index contributed by atoms with van der Waals surface area (Å²) >= 11 is 0. The van der Waals surface area contributed by atoms with Gasteiger partial charge in [-0.15, -0.1) is 0 Å². The van der Waals surface area contributed by atoms with Crippen molar-refractivity contribution in [1.82, 2.24) is 0 Å². The van der Waals surface area contributed by atoms with Crippen molar-refractivity contribution in [3.63, 3.8) is 0 Å². The third kappa shape index (κ3) is 3.02. The van der Waals surface area contributed by atoms with Crippen molar-refractivity contribution >= 4 is 5.69 Å². The molecule has 0 saturated heterocycles. The van der Waals surface area contributed by atoms with E-state index in [0.29, 0.717) is 6.04 Å². The van der Waals surface area contributed by atoms with Crippen LogP contribution in [0.5, 0.6) is 0 Å². The highest BCUT2D eigenvalue weighted by Gasteiger charge is 2.25. The lowest BCUT2D eigenvalue weighted by molar-refractivity contribution is 0.280. The summed E-state index contributed by atoms with van der Waals surface area (Å²) < 4.78 is 0. The molecule has 1 nitrogen and oxygen atoms in total. The van der Waals surface area contributed by atoms with Crippen LogP contribution in [0.1, 0.15) is 44.2 Å². The van der Waals surface area contributed by atoms with Gasteiger partial charge in [0.2, 0.25) is 0 Å². The number of anilines is 1. The molecule has 1 saturated carbocycles. The second kappa shape index (κ2) is 5.12. The minimum Gasteiger partial charge on any atom is -0.382 e. The molecule has 1 aromatic carbocycles. The Morgan fingerprint density at radius 1 is 1.12 bits per heavy atom. The molecule has 1 fully saturated rings. The zero-order valence-corrected chi connectivity index (χ0v) is 11.6. The van der Waals surface area contributed by atoms with Gasteiger partial charge in [-0.3, -0.25) is 0 Å². The van der Waals surface area contributed by atoms with Gasteiger partial charge >= 0.3 is 0 Å². The molecule has 3 atom stereocenters. The fourth-order valence-electron chi connectivity index (χ4n) is 2.82. The molecule has 0 aromatic heterocycles. The van der Waals surface area contributed by atoms with E-state index in [1.807, 2.05) is 0 Å². The lowest BCUT2D eigenvalue weighted by atomic mass is 9.80. The maximum atomic E-state index is 3.77. The number of hydrogen-bond acceptors (Lipinski definition) is 1. The molecule has 94 valence electrons. The van der Waals surface area contributed by atoms with Crippen LogP contribution < -0.4 is 5.32 Å². The average molecular weight is 231 g/mol. The van der Waals surface area contributed by atoms with Crippen LogP contribution in [-0.2, 0) is 0 Å². The first kappa shape index (κ1) is 12.5. The molecule has 1 N–H and O–H groups in total. The summed E-state index contributed by atoms with van der Waals surface area (Å²) in [6.07, 6.45) is 4.07. The number of benzene rings is 1. The zero-order chi connectivity index (χ0) is 12.4. The van der Waals surface area contributed by atoms with Crippen LogP contribution >= 0.6 is 0 Å². The Kier molecular flexibility index (Phi) is 3.76. The molecule has 0 amide bonds. The van der Waals surface area contributed by atoms with Crippen LogP contribution in [0.15, 0.2) is 18.2 Å². The van der Waals surface area contributed by atoms with Gasteiger partial charge < -0.3 is 5.32 Å². The fraction of sp³-hybridized carbons (Fsp3) is 0.625. The molecule has 1 heteroatoms.